The molecule has 0 spiro atoms. The molecule has 0 bridgehead atoms. The van der Waals surface area contributed by atoms with Crippen molar-refractivity contribution < 1.29 is 9.59 Å². The second-order valence-electron chi connectivity index (χ2n) is 3.17. The van der Waals surface area contributed by atoms with Crippen LogP contribution >= 0.6 is 12.6 Å². The topological polar surface area (TPSA) is 49.4 Å². The number of carbonyl (C=O) groups excluding carboxylic acids is 2. The molecule has 1 atom stereocenters. The first-order chi connectivity index (χ1) is 7.10. The van der Waals surface area contributed by atoms with Crippen LogP contribution in [0.3, 0.4) is 0 Å². The molecule has 4 nitrogen and oxygen atoms in total. The van der Waals surface area contributed by atoms with Gasteiger partial charge >= 0.3 is 0 Å². The quantitative estimate of drug-likeness (QED) is 0.662. The fourth-order valence-electron chi connectivity index (χ4n) is 1.24. The fraction of sp³-hybridized carbons (Fsp3) is 0.800. The maximum absolute atomic E-state index is 11.9. The van der Waals surface area contributed by atoms with E-state index in [0.29, 0.717) is 25.3 Å². The number of nitrogens with one attached hydrogen (secondary N) is 1. The van der Waals surface area contributed by atoms with Crippen molar-refractivity contribution in [3.8, 4) is 0 Å². The average molecular weight is 232 g/mol. The highest BCUT2D eigenvalue weighted by Gasteiger charge is 2.22. The van der Waals surface area contributed by atoms with Crippen LogP contribution in [-0.2, 0) is 9.59 Å². The minimum absolute atomic E-state index is 0.0585. The van der Waals surface area contributed by atoms with Crippen LogP contribution in [0.15, 0.2) is 0 Å². The first-order valence-electron chi connectivity index (χ1n) is 5.29. The van der Waals surface area contributed by atoms with Gasteiger partial charge in [-0.05, 0) is 13.8 Å². The van der Waals surface area contributed by atoms with Crippen molar-refractivity contribution >= 4 is 24.4 Å². The zero-order valence-electron chi connectivity index (χ0n) is 9.62. The van der Waals surface area contributed by atoms with Gasteiger partial charge in [0.15, 0.2) is 0 Å². The van der Waals surface area contributed by atoms with Crippen LogP contribution in [0.5, 0.6) is 0 Å². The Balaban J connectivity index is 4.38. The summed E-state index contributed by atoms with van der Waals surface area (Å²) in [6.07, 6.45) is 0.385. The molecule has 1 N–H and O–H groups in total. The van der Waals surface area contributed by atoms with Crippen LogP contribution in [0.25, 0.3) is 0 Å². The zero-order valence-corrected chi connectivity index (χ0v) is 10.5. The van der Waals surface area contributed by atoms with Gasteiger partial charge in [0, 0.05) is 25.3 Å². The lowest BCUT2D eigenvalue weighted by atomic mass is 10.2. The van der Waals surface area contributed by atoms with E-state index in [9.17, 15) is 9.59 Å². The monoisotopic (exact) mass is 232 g/mol. The largest absolute Gasteiger partial charge is 0.344 e. The van der Waals surface area contributed by atoms with E-state index in [-0.39, 0.29) is 11.8 Å². The molecule has 0 aromatic rings. The average Bonchev–Trinajstić information content (AvgIpc) is 2.26. The Morgan fingerprint density at radius 2 is 1.80 bits per heavy atom. The number of amides is 2. The second-order valence-corrected chi connectivity index (χ2v) is 3.53. The summed E-state index contributed by atoms with van der Waals surface area (Å²) in [5.41, 5.74) is 0. The van der Waals surface area contributed by atoms with Gasteiger partial charge in [0.1, 0.15) is 6.04 Å². The maximum atomic E-state index is 11.9. The molecule has 2 amide bonds. The summed E-state index contributed by atoms with van der Waals surface area (Å²) < 4.78 is 0. The number of hydrogen-bond acceptors (Lipinski definition) is 3. The van der Waals surface area contributed by atoms with E-state index in [2.05, 4.69) is 17.9 Å². The van der Waals surface area contributed by atoms with Crippen molar-refractivity contribution in [2.75, 3.05) is 18.8 Å². The third-order valence-electron chi connectivity index (χ3n) is 2.21. The molecule has 0 aliphatic heterocycles. The van der Waals surface area contributed by atoms with E-state index < -0.39 is 6.04 Å². The molecule has 15 heavy (non-hydrogen) atoms. The summed E-state index contributed by atoms with van der Waals surface area (Å²) in [5, 5.41) is 2.66. The van der Waals surface area contributed by atoms with Crippen molar-refractivity contribution in [3.05, 3.63) is 0 Å². The van der Waals surface area contributed by atoms with Gasteiger partial charge in [-0.15, -0.1) is 0 Å². The van der Waals surface area contributed by atoms with E-state index in [1.807, 2.05) is 13.8 Å². The summed E-state index contributed by atoms with van der Waals surface area (Å²) in [6.45, 7) is 6.90. The van der Waals surface area contributed by atoms with Crippen molar-refractivity contribution in [1.29, 1.82) is 0 Å². The number of rotatable bonds is 6. The summed E-state index contributed by atoms with van der Waals surface area (Å²) in [7, 11) is 0. The van der Waals surface area contributed by atoms with Gasteiger partial charge in [0.05, 0.1) is 0 Å². The molecule has 0 heterocycles. The van der Waals surface area contributed by atoms with E-state index >= 15 is 0 Å². The summed E-state index contributed by atoms with van der Waals surface area (Å²) in [6, 6.07) is -0.499. The molecule has 0 saturated carbocycles. The Bertz CT molecular complexity index is 217. The lowest BCUT2D eigenvalue weighted by molar-refractivity contribution is -0.135. The number of likely N-dealkylation sites (N-methyl/N-ethyl adjacent to an activating group) is 1. The van der Waals surface area contributed by atoms with Gasteiger partial charge in [0.25, 0.3) is 0 Å². The highest BCUT2D eigenvalue weighted by atomic mass is 32.1. The molecule has 0 aliphatic carbocycles. The first kappa shape index (κ1) is 14.3. The van der Waals surface area contributed by atoms with Gasteiger partial charge < -0.3 is 10.2 Å². The summed E-state index contributed by atoms with van der Waals surface area (Å²) in [4.78, 5) is 24.7. The summed E-state index contributed by atoms with van der Waals surface area (Å²) >= 11 is 4.08. The predicted molar refractivity (Wildman–Crippen MR) is 64.0 cm³/mol. The SMILES string of the molecule is CCC(=O)N[C@@H](CS)C(=O)N(CC)CC. The van der Waals surface area contributed by atoms with Crippen LogP contribution < -0.4 is 5.32 Å². The molecule has 88 valence electrons. The molecule has 0 unspecified atom stereocenters. The van der Waals surface area contributed by atoms with Crippen LogP contribution in [0, 0.1) is 0 Å². The molecule has 0 aromatic carbocycles. The number of carbonyl (C=O) groups is 2. The van der Waals surface area contributed by atoms with Crippen molar-refractivity contribution in [2.45, 2.75) is 33.2 Å². The highest BCUT2D eigenvalue weighted by Crippen LogP contribution is 1.98. The Labute approximate surface area is 96.8 Å². The van der Waals surface area contributed by atoms with E-state index in [4.69, 9.17) is 0 Å². The standard InChI is InChI=1S/C10H20N2O2S/c1-4-9(13)11-8(7-15)10(14)12(5-2)6-3/h8,15H,4-7H2,1-3H3,(H,11,13)/t8-/m0/s1. The Morgan fingerprint density at radius 3 is 2.13 bits per heavy atom. The number of hydrogen-bond donors (Lipinski definition) is 2. The molecule has 0 rings (SSSR count). The van der Waals surface area contributed by atoms with Gasteiger partial charge in [-0.3, -0.25) is 9.59 Å². The smallest absolute Gasteiger partial charge is 0.245 e. The van der Waals surface area contributed by atoms with Crippen LogP contribution in [-0.4, -0.2) is 41.6 Å². The molecular formula is C10H20N2O2S. The van der Waals surface area contributed by atoms with Crippen LogP contribution in [0.2, 0.25) is 0 Å². The van der Waals surface area contributed by atoms with Crippen molar-refractivity contribution in [3.63, 3.8) is 0 Å². The molecule has 0 aromatic heterocycles. The third kappa shape index (κ3) is 4.55. The van der Waals surface area contributed by atoms with Gasteiger partial charge in [-0.25, -0.2) is 0 Å². The highest BCUT2D eigenvalue weighted by molar-refractivity contribution is 7.80. The lowest BCUT2D eigenvalue weighted by Crippen LogP contribution is -2.49. The molecule has 0 saturated heterocycles. The van der Waals surface area contributed by atoms with Crippen molar-refractivity contribution in [2.24, 2.45) is 0 Å². The fourth-order valence-corrected chi connectivity index (χ4v) is 1.49. The van der Waals surface area contributed by atoms with Crippen LogP contribution in [0.4, 0.5) is 0 Å². The van der Waals surface area contributed by atoms with Gasteiger partial charge in [0.2, 0.25) is 11.8 Å². The first-order valence-corrected chi connectivity index (χ1v) is 5.92. The Kier molecular flexibility index (Phi) is 7.21. The molecule has 5 heteroatoms. The molecule has 0 fully saturated rings. The Hall–Kier alpha value is -0.710. The van der Waals surface area contributed by atoms with Gasteiger partial charge in [-0.2, -0.15) is 12.6 Å². The number of nitrogens with zero attached hydrogens (tertiary/aromatic N) is 1. The van der Waals surface area contributed by atoms with E-state index in [1.165, 1.54) is 0 Å². The maximum Gasteiger partial charge on any atom is 0.245 e. The van der Waals surface area contributed by atoms with Crippen LogP contribution in [0.1, 0.15) is 27.2 Å². The van der Waals surface area contributed by atoms with Gasteiger partial charge in [-0.1, -0.05) is 6.92 Å². The minimum atomic E-state index is -0.499. The normalized spacial score (nSPS) is 12.0. The second kappa shape index (κ2) is 7.56. The lowest BCUT2D eigenvalue weighted by Gasteiger charge is -2.24. The Morgan fingerprint density at radius 1 is 1.27 bits per heavy atom. The van der Waals surface area contributed by atoms with Crippen molar-refractivity contribution in [1.82, 2.24) is 10.2 Å². The third-order valence-corrected chi connectivity index (χ3v) is 2.58. The minimum Gasteiger partial charge on any atom is -0.344 e. The van der Waals surface area contributed by atoms with E-state index in [0.717, 1.165) is 0 Å². The zero-order chi connectivity index (χ0) is 11.8. The summed E-state index contributed by atoms with van der Waals surface area (Å²) in [5.74, 6) is 0.160. The molecule has 0 radical (unpaired) electrons. The number of thiol groups is 1. The van der Waals surface area contributed by atoms with E-state index in [1.54, 1.807) is 11.8 Å². The molecular weight excluding hydrogens is 212 g/mol. The molecule has 0 aliphatic rings. The predicted octanol–water partition coefficient (Wildman–Crippen LogP) is 0.679.